The Hall–Kier alpha value is -1.39. The van der Waals surface area contributed by atoms with Crippen molar-refractivity contribution in [2.45, 2.75) is 25.3 Å². The maximum Gasteiger partial charge on any atom is 0.145 e. The third-order valence-electron chi connectivity index (χ3n) is 3.17. The number of hydrogen-bond acceptors (Lipinski definition) is 2. The maximum atomic E-state index is 13.7. The molecule has 2 rings (SSSR count). The number of aryl methyl sites for hydroxylation is 2. The van der Waals surface area contributed by atoms with Gasteiger partial charge < -0.3 is 10.3 Å². The summed E-state index contributed by atoms with van der Waals surface area (Å²) in [5.74, 6) is 0.624. The van der Waals surface area contributed by atoms with Crippen molar-refractivity contribution in [3.8, 4) is 0 Å². The number of benzene rings is 1. The van der Waals surface area contributed by atoms with E-state index in [4.69, 9.17) is 17.3 Å². The van der Waals surface area contributed by atoms with Crippen LogP contribution in [0.15, 0.2) is 30.6 Å². The molecule has 1 heterocycles. The third kappa shape index (κ3) is 3.55. The molecule has 1 unspecified atom stereocenters. The maximum absolute atomic E-state index is 13.7. The van der Waals surface area contributed by atoms with Crippen LogP contribution in [0.3, 0.4) is 0 Å². The molecular formula is C14H17ClFN3. The van der Waals surface area contributed by atoms with Crippen LogP contribution in [0.25, 0.3) is 0 Å². The lowest BCUT2D eigenvalue weighted by Crippen LogP contribution is -2.24. The predicted octanol–water partition coefficient (Wildman–Crippen LogP) is 2.72. The van der Waals surface area contributed by atoms with Gasteiger partial charge in [0.1, 0.15) is 11.6 Å². The van der Waals surface area contributed by atoms with E-state index in [-0.39, 0.29) is 16.9 Å². The van der Waals surface area contributed by atoms with Crippen molar-refractivity contribution in [3.63, 3.8) is 0 Å². The summed E-state index contributed by atoms with van der Waals surface area (Å²) in [5, 5.41) is 0.147. The minimum Gasteiger partial charge on any atom is -0.338 e. The summed E-state index contributed by atoms with van der Waals surface area (Å²) in [4.78, 5) is 4.24. The number of hydrogen-bond donors (Lipinski definition) is 1. The SMILES string of the molecule is Cn1ccnc1CCC(N)Cc1cccc(Cl)c1F. The summed E-state index contributed by atoms with van der Waals surface area (Å²) in [6.45, 7) is 0. The molecule has 2 N–H and O–H groups in total. The molecule has 0 amide bonds. The Balaban J connectivity index is 1.92. The van der Waals surface area contributed by atoms with E-state index in [9.17, 15) is 4.39 Å². The second-order valence-corrected chi connectivity index (χ2v) is 5.08. The zero-order valence-electron chi connectivity index (χ0n) is 10.8. The van der Waals surface area contributed by atoms with E-state index < -0.39 is 0 Å². The van der Waals surface area contributed by atoms with E-state index >= 15 is 0 Å². The van der Waals surface area contributed by atoms with Crippen molar-refractivity contribution in [1.82, 2.24) is 9.55 Å². The number of aromatic nitrogens is 2. The first-order valence-corrected chi connectivity index (χ1v) is 6.60. The first-order valence-electron chi connectivity index (χ1n) is 6.22. The van der Waals surface area contributed by atoms with E-state index in [1.807, 2.05) is 17.8 Å². The van der Waals surface area contributed by atoms with Crippen molar-refractivity contribution in [2.24, 2.45) is 12.8 Å². The molecule has 1 aromatic carbocycles. The molecule has 1 aromatic heterocycles. The zero-order chi connectivity index (χ0) is 13.8. The number of halogens is 2. The molecule has 0 radical (unpaired) electrons. The fourth-order valence-electron chi connectivity index (χ4n) is 2.04. The van der Waals surface area contributed by atoms with Crippen LogP contribution in [-0.2, 0) is 19.9 Å². The summed E-state index contributed by atoms with van der Waals surface area (Å²) < 4.78 is 15.7. The molecule has 0 saturated carbocycles. The second kappa shape index (κ2) is 6.17. The minimum atomic E-state index is -0.364. The highest BCUT2D eigenvalue weighted by molar-refractivity contribution is 6.30. The summed E-state index contributed by atoms with van der Waals surface area (Å²) in [5.41, 5.74) is 6.61. The summed E-state index contributed by atoms with van der Waals surface area (Å²) in [6.07, 6.45) is 5.69. The van der Waals surface area contributed by atoms with Crippen LogP contribution >= 0.6 is 11.6 Å². The number of imidazole rings is 1. The smallest absolute Gasteiger partial charge is 0.145 e. The van der Waals surface area contributed by atoms with Gasteiger partial charge in [-0.25, -0.2) is 9.37 Å². The number of rotatable bonds is 5. The Labute approximate surface area is 117 Å². The third-order valence-corrected chi connectivity index (χ3v) is 3.47. The molecule has 3 nitrogen and oxygen atoms in total. The molecule has 2 aromatic rings. The lowest BCUT2D eigenvalue weighted by molar-refractivity contribution is 0.557. The molecule has 5 heteroatoms. The molecular weight excluding hydrogens is 265 g/mol. The Morgan fingerprint density at radius 3 is 2.95 bits per heavy atom. The van der Waals surface area contributed by atoms with Crippen LogP contribution in [0.4, 0.5) is 4.39 Å². The van der Waals surface area contributed by atoms with E-state index in [2.05, 4.69) is 4.98 Å². The van der Waals surface area contributed by atoms with Crippen molar-refractivity contribution in [2.75, 3.05) is 0 Å². The molecule has 0 bridgehead atoms. The average Bonchev–Trinajstić information content (AvgIpc) is 2.78. The normalized spacial score (nSPS) is 12.6. The first kappa shape index (κ1) is 14.0. The quantitative estimate of drug-likeness (QED) is 0.916. The molecule has 0 spiro atoms. The Morgan fingerprint density at radius 1 is 1.47 bits per heavy atom. The fourth-order valence-corrected chi connectivity index (χ4v) is 2.24. The van der Waals surface area contributed by atoms with Gasteiger partial charge in [0.2, 0.25) is 0 Å². The minimum absolute atomic E-state index is 0.107. The van der Waals surface area contributed by atoms with Crippen LogP contribution in [0.1, 0.15) is 17.8 Å². The van der Waals surface area contributed by atoms with Gasteiger partial charge in [-0.3, -0.25) is 0 Å². The predicted molar refractivity (Wildman–Crippen MR) is 74.6 cm³/mol. The Bertz CT molecular complexity index is 553. The highest BCUT2D eigenvalue weighted by atomic mass is 35.5. The van der Waals surface area contributed by atoms with Crippen LogP contribution in [0, 0.1) is 5.82 Å². The van der Waals surface area contributed by atoms with E-state index in [0.717, 1.165) is 18.7 Å². The van der Waals surface area contributed by atoms with E-state index in [0.29, 0.717) is 12.0 Å². The van der Waals surface area contributed by atoms with Gasteiger partial charge >= 0.3 is 0 Å². The molecule has 102 valence electrons. The molecule has 0 saturated heterocycles. The summed E-state index contributed by atoms with van der Waals surface area (Å²) >= 11 is 5.75. The van der Waals surface area contributed by atoms with Gasteiger partial charge in [-0.2, -0.15) is 0 Å². The molecule has 19 heavy (non-hydrogen) atoms. The van der Waals surface area contributed by atoms with Crippen LogP contribution < -0.4 is 5.73 Å². The van der Waals surface area contributed by atoms with Crippen molar-refractivity contribution >= 4 is 11.6 Å². The molecule has 0 aliphatic rings. The van der Waals surface area contributed by atoms with Crippen LogP contribution in [0.5, 0.6) is 0 Å². The Morgan fingerprint density at radius 2 is 2.26 bits per heavy atom. The van der Waals surface area contributed by atoms with Gasteiger partial charge in [0.25, 0.3) is 0 Å². The standard InChI is InChI=1S/C14H17ClFN3/c1-19-8-7-18-13(19)6-5-11(17)9-10-3-2-4-12(15)14(10)16/h2-4,7-8,11H,5-6,9,17H2,1H3. The van der Waals surface area contributed by atoms with Gasteiger partial charge in [-0.1, -0.05) is 23.7 Å². The summed E-state index contributed by atoms with van der Waals surface area (Å²) in [6, 6.07) is 4.90. The van der Waals surface area contributed by atoms with Gasteiger partial charge in [0.15, 0.2) is 0 Å². The lowest BCUT2D eigenvalue weighted by Gasteiger charge is -2.12. The molecule has 1 atom stereocenters. The van der Waals surface area contributed by atoms with Crippen molar-refractivity contribution in [3.05, 3.63) is 52.8 Å². The average molecular weight is 282 g/mol. The van der Waals surface area contributed by atoms with Crippen molar-refractivity contribution < 1.29 is 4.39 Å². The summed E-state index contributed by atoms with van der Waals surface area (Å²) in [7, 11) is 1.95. The number of nitrogens with zero attached hydrogens (tertiary/aromatic N) is 2. The van der Waals surface area contributed by atoms with E-state index in [1.165, 1.54) is 0 Å². The lowest BCUT2D eigenvalue weighted by atomic mass is 10.0. The Kier molecular flexibility index (Phi) is 4.56. The highest BCUT2D eigenvalue weighted by Gasteiger charge is 2.11. The van der Waals surface area contributed by atoms with Gasteiger partial charge in [-0.15, -0.1) is 0 Å². The fraction of sp³-hybridized carbons (Fsp3) is 0.357. The van der Waals surface area contributed by atoms with Gasteiger partial charge in [-0.05, 0) is 24.5 Å². The monoisotopic (exact) mass is 281 g/mol. The van der Waals surface area contributed by atoms with Gasteiger partial charge in [0.05, 0.1) is 5.02 Å². The van der Waals surface area contributed by atoms with Gasteiger partial charge in [0, 0.05) is 31.9 Å². The molecule has 0 aliphatic carbocycles. The van der Waals surface area contributed by atoms with Crippen LogP contribution in [0.2, 0.25) is 5.02 Å². The van der Waals surface area contributed by atoms with Crippen molar-refractivity contribution in [1.29, 1.82) is 0 Å². The molecule has 0 fully saturated rings. The number of nitrogens with two attached hydrogens (primary N) is 1. The van der Waals surface area contributed by atoms with E-state index in [1.54, 1.807) is 24.4 Å². The first-order chi connectivity index (χ1) is 9.08. The topological polar surface area (TPSA) is 43.8 Å². The van der Waals surface area contributed by atoms with Crippen LogP contribution in [-0.4, -0.2) is 15.6 Å². The second-order valence-electron chi connectivity index (χ2n) is 4.67. The zero-order valence-corrected chi connectivity index (χ0v) is 11.6. The molecule has 0 aliphatic heterocycles. The highest BCUT2D eigenvalue weighted by Crippen LogP contribution is 2.19. The largest absolute Gasteiger partial charge is 0.338 e.